The molecular weight excluding hydrogens is 412 g/mol. The third-order valence-electron chi connectivity index (χ3n) is 5.49. The maximum atomic E-state index is 12.3. The van der Waals surface area contributed by atoms with E-state index in [-0.39, 0.29) is 30.0 Å². The number of carbonyl (C=O) groups excluding carboxylic acids is 2. The zero-order valence-electron chi connectivity index (χ0n) is 18.4. The van der Waals surface area contributed by atoms with Crippen LogP contribution in [-0.2, 0) is 9.47 Å². The molecular formula is C24H30N2O6. The molecule has 8 heteroatoms. The molecule has 2 amide bonds. The third kappa shape index (κ3) is 5.77. The molecule has 0 saturated carbocycles. The van der Waals surface area contributed by atoms with Gasteiger partial charge in [0, 0.05) is 30.8 Å². The molecule has 172 valence electrons. The molecule has 2 aliphatic rings. The Balaban J connectivity index is 0.000000243. The van der Waals surface area contributed by atoms with E-state index in [0.717, 1.165) is 18.8 Å². The van der Waals surface area contributed by atoms with Crippen molar-refractivity contribution in [2.24, 2.45) is 5.73 Å². The number of nitrogens with zero attached hydrogens (tertiary/aromatic N) is 1. The molecule has 2 fully saturated rings. The first-order valence-electron chi connectivity index (χ1n) is 10.8. The standard InChI is InChI=1S/C17H23NO4.C7H7NO2/c1-3-18(4-2)17(19)12-5-7-13(8-6-12)22-15-11-21-14-9-10-20-16(14)15;8-7(10)5-2-1-3-6(9)4-5/h5-8,14-16H,3-4,9-11H2,1-2H3;1-4,9H,(H2,8,10). The number of hydrogen-bond acceptors (Lipinski definition) is 6. The Morgan fingerprint density at radius 3 is 2.41 bits per heavy atom. The summed E-state index contributed by atoms with van der Waals surface area (Å²) in [5, 5.41) is 8.85. The normalized spacial score (nSPS) is 21.2. The van der Waals surface area contributed by atoms with Crippen molar-refractivity contribution in [3.63, 3.8) is 0 Å². The Labute approximate surface area is 187 Å². The quantitative estimate of drug-likeness (QED) is 0.711. The lowest BCUT2D eigenvalue weighted by Crippen LogP contribution is -2.32. The zero-order chi connectivity index (χ0) is 23.1. The number of rotatable bonds is 6. The van der Waals surface area contributed by atoms with Crippen molar-refractivity contribution in [1.82, 2.24) is 4.90 Å². The molecule has 2 aromatic carbocycles. The smallest absolute Gasteiger partial charge is 0.253 e. The van der Waals surface area contributed by atoms with Gasteiger partial charge in [0.05, 0.1) is 12.7 Å². The van der Waals surface area contributed by atoms with E-state index in [9.17, 15) is 9.59 Å². The number of primary amides is 1. The van der Waals surface area contributed by atoms with Gasteiger partial charge < -0.3 is 30.0 Å². The van der Waals surface area contributed by atoms with E-state index in [4.69, 9.17) is 25.1 Å². The number of benzene rings is 2. The van der Waals surface area contributed by atoms with Crippen LogP contribution in [-0.4, -0.2) is 66.4 Å². The summed E-state index contributed by atoms with van der Waals surface area (Å²) in [4.78, 5) is 24.5. The highest BCUT2D eigenvalue weighted by Crippen LogP contribution is 2.29. The van der Waals surface area contributed by atoms with Gasteiger partial charge in [0.2, 0.25) is 5.91 Å². The van der Waals surface area contributed by atoms with Gasteiger partial charge in [-0.05, 0) is 62.7 Å². The maximum Gasteiger partial charge on any atom is 0.253 e. The summed E-state index contributed by atoms with van der Waals surface area (Å²) < 4.78 is 17.3. The van der Waals surface area contributed by atoms with Crippen LogP contribution in [0.25, 0.3) is 0 Å². The summed E-state index contributed by atoms with van der Waals surface area (Å²) >= 11 is 0. The summed E-state index contributed by atoms with van der Waals surface area (Å²) in [6, 6.07) is 13.2. The molecule has 2 saturated heterocycles. The van der Waals surface area contributed by atoms with E-state index in [0.29, 0.717) is 30.8 Å². The molecule has 8 nitrogen and oxygen atoms in total. The van der Waals surface area contributed by atoms with Crippen LogP contribution in [0.4, 0.5) is 0 Å². The minimum absolute atomic E-state index is 0.0389. The first-order chi connectivity index (χ1) is 15.4. The minimum Gasteiger partial charge on any atom is -0.508 e. The number of fused-ring (bicyclic) bond motifs is 1. The summed E-state index contributed by atoms with van der Waals surface area (Å²) in [7, 11) is 0. The highest BCUT2D eigenvalue weighted by Gasteiger charge is 2.43. The predicted octanol–water partition coefficient (Wildman–Crippen LogP) is 2.59. The van der Waals surface area contributed by atoms with E-state index in [1.54, 1.807) is 17.0 Å². The van der Waals surface area contributed by atoms with Gasteiger partial charge in [-0.15, -0.1) is 0 Å². The Morgan fingerprint density at radius 1 is 1.09 bits per heavy atom. The summed E-state index contributed by atoms with van der Waals surface area (Å²) in [6.45, 7) is 6.71. The summed E-state index contributed by atoms with van der Waals surface area (Å²) in [5.74, 6) is 0.327. The van der Waals surface area contributed by atoms with E-state index in [2.05, 4.69) is 0 Å². The van der Waals surface area contributed by atoms with Crippen molar-refractivity contribution in [3.8, 4) is 11.5 Å². The van der Waals surface area contributed by atoms with Gasteiger partial charge in [-0.3, -0.25) is 9.59 Å². The fourth-order valence-corrected chi connectivity index (χ4v) is 3.73. The topological polar surface area (TPSA) is 111 Å². The Hall–Kier alpha value is -3.10. The number of amides is 2. The van der Waals surface area contributed by atoms with Gasteiger partial charge in [0.1, 0.15) is 17.6 Å². The van der Waals surface area contributed by atoms with Crippen molar-refractivity contribution < 1.29 is 28.9 Å². The number of aromatic hydroxyl groups is 1. The molecule has 0 aliphatic carbocycles. The highest BCUT2D eigenvalue weighted by atomic mass is 16.6. The van der Waals surface area contributed by atoms with Crippen LogP contribution < -0.4 is 10.5 Å². The van der Waals surface area contributed by atoms with Crippen molar-refractivity contribution in [2.45, 2.75) is 38.6 Å². The van der Waals surface area contributed by atoms with Gasteiger partial charge >= 0.3 is 0 Å². The molecule has 0 aromatic heterocycles. The molecule has 4 rings (SSSR count). The van der Waals surface area contributed by atoms with Gasteiger partial charge in [-0.1, -0.05) is 6.07 Å². The summed E-state index contributed by atoms with van der Waals surface area (Å²) in [6.07, 6.45) is 1.10. The largest absolute Gasteiger partial charge is 0.508 e. The Bertz CT molecular complexity index is 913. The van der Waals surface area contributed by atoms with Crippen LogP contribution in [0.1, 0.15) is 41.0 Å². The van der Waals surface area contributed by atoms with E-state index >= 15 is 0 Å². The monoisotopic (exact) mass is 442 g/mol. The second kappa shape index (κ2) is 11.0. The average Bonchev–Trinajstić information content (AvgIpc) is 3.41. The van der Waals surface area contributed by atoms with Gasteiger partial charge in [-0.25, -0.2) is 0 Å². The first kappa shape index (κ1) is 23.6. The van der Waals surface area contributed by atoms with Crippen LogP contribution in [0.2, 0.25) is 0 Å². The van der Waals surface area contributed by atoms with Crippen LogP contribution in [0.3, 0.4) is 0 Å². The molecule has 3 unspecified atom stereocenters. The molecule has 0 bridgehead atoms. The first-order valence-corrected chi connectivity index (χ1v) is 10.8. The minimum atomic E-state index is -0.532. The second-order valence-corrected chi connectivity index (χ2v) is 7.57. The van der Waals surface area contributed by atoms with Crippen molar-refractivity contribution >= 4 is 11.8 Å². The van der Waals surface area contributed by atoms with Crippen LogP contribution in [0.15, 0.2) is 48.5 Å². The molecule has 0 spiro atoms. The maximum absolute atomic E-state index is 12.3. The van der Waals surface area contributed by atoms with Crippen molar-refractivity contribution in [2.75, 3.05) is 26.3 Å². The lowest BCUT2D eigenvalue weighted by Gasteiger charge is -2.20. The fourth-order valence-electron chi connectivity index (χ4n) is 3.73. The third-order valence-corrected chi connectivity index (χ3v) is 5.49. The molecule has 3 atom stereocenters. The lowest BCUT2D eigenvalue weighted by atomic mass is 10.1. The highest BCUT2D eigenvalue weighted by molar-refractivity contribution is 5.94. The number of hydrogen-bond donors (Lipinski definition) is 2. The molecule has 2 heterocycles. The molecule has 0 radical (unpaired) electrons. The molecule has 2 aromatic rings. The van der Waals surface area contributed by atoms with Crippen molar-refractivity contribution in [3.05, 3.63) is 59.7 Å². The van der Waals surface area contributed by atoms with Crippen LogP contribution in [0, 0.1) is 0 Å². The SMILES string of the molecule is CCN(CC)C(=O)c1ccc(OC2COC3CCOC32)cc1.NC(=O)c1cccc(O)c1. The lowest BCUT2D eigenvalue weighted by molar-refractivity contribution is 0.0308. The van der Waals surface area contributed by atoms with Crippen LogP contribution >= 0.6 is 0 Å². The van der Waals surface area contributed by atoms with E-state index in [1.807, 2.05) is 38.1 Å². The van der Waals surface area contributed by atoms with E-state index in [1.165, 1.54) is 12.1 Å². The molecule has 32 heavy (non-hydrogen) atoms. The van der Waals surface area contributed by atoms with Gasteiger partial charge in [0.15, 0.2) is 6.10 Å². The summed E-state index contributed by atoms with van der Waals surface area (Å²) in [5.41, 5.74) is 5.94. The predicted molar refractivity (Wildman–Crippen MR) is 119 cm³/mol. The Kier molecular flexibility index (Phi) is 8.08. The number of carbonyl (C=O) groups is 2. The Morgan fingerprint density at radius 2 is 1.81 bits per heavy atom. The van der Waals surface area contributed by atoms with Gasteiger partial charge in [-0.2, -0.15) is 0 Å². The molecule has 3 N–H and O–H groups in total. The molecule has 2 aliphatic heterocycles. The zero-order valence-corrected chi connectivity index (χ0v) is 18.4. The fraction of sp³-hybridized carbons (Fsp3) is 0.417. The van der Waals surface area contributed by atoms with E-state index < -0.39 is 5.91 Å². The van der Waals surface area contributed by atoms with Crippen molar-refractivity contribution in [1.29, 1.82) is 0 Å². The number of nitrogens with two attached hydrogens (primary N) is 1. The number of phenols is 1. The van der Waals surface area contributed by atoms with Crippen LogP contribution in [0.5, 0.6) is 11.5 Å². The average molecular weight is 443 g/mol. The number of ether oxygens (including phenoxy) is 3. The van der Waals surface area contributed by atoms with Gasteiger partial charge in [0.25, 0.3) is 5.91 Å². The number of phenolic OH excluding ortho intramolecular Hbond substituents is 1. The second-order valence-electron chi connectivity index (χ2n) is 7.57.